The van der Waals surface area contributed by atoms with E-state index in [4.69, 9.17) is 23.2 Å². The van der Waals surface area contributed by atoms with Gasteiger partial charge >= 0.3 is 0 Å². The maximum atomic E-state index is 13.6. The van der Waals surface area contributed by atoms with Crippen LogP contribution in [-0.4, -0.2) is 24.9 Å². The monoisotopic (exact) mass is 368 g/mol. The van der Waals surface area contributed by atoms with Crippen molar-refractivity contribution in [1.29, 1.82) is 0 Å². The Morgan fingerprint density at radius 2 is 1.79 bits per heavy atom. The molecule has 0 fully saturated rings. The number of halogens is 3. The van der Waals surface area contributed by atoms with Crippen molar-refractivity contribution in [2.75, 3.05) is 14.1 Å². The van der Waals surface area contributed by atoms with Crippen molar-refractivity contribution in [3.8, 4) is 0 Å². The van der Waals surface area contributed by atoms with Crippen LogP contribution < -0.4 is 5.32 Å². The minimum atomic E-state index is -0.565. The fourth-order valence-corrected chi connectivity index (χ4v) is 2.90. The lowest BCUT2D eigenvalue weighted by Gasteiger charge is -2.17. The van der Waals surface area contributed by atoms with Gasteiger partial charge in [-0.15, -0.1) is 0 Å². The van der Waals surface area contributed by atoms with E-state index in [-0.39, 0.29) is 10.9 Å². The molecule has 2 rings (SSSR count). The molecule has 0 spiro atoms. The van der Waals surface area contributed by atoms with Gasteiger partial charge in [0.2, 0.25) is 0 Å². The molecular formula is C18H19Cl2FN2O. The summed E-state index contributed by atoms with van der Waals surface area (Å²) in [7, 11) is 3.97. The normalized spacial score (nSPS) is 12.3. The summed E-state index contributed by atoms with van der Waals surface area (Å²) in [6.07, 6.45) is 0. The second kappa shape index (κ2) is 7.97. The largest absolute Gasteiger partial charge is 0.345 e. The van der Waals surface area contributed by atoms with E-state index in [0.29, 0.717) is 16.1 Å². The van der Waals surface area contributed by atoms with Crippen molar-refractivity contribution in [1.82, 2.24) is 10.2 Å². The summed E-state index contributed by atoms with van der Waals surface area (Å²) >= 11 is 11.8. The molecule has 1 unspecified atom stereocenters. The van der Waals surface area contributed by atoms with Gasteiger partial charge < -0.3 is 10.2 Å². The van der Waals surface area contributed by atoms with Gasteiger partial charge in [0.25, 0.3) is 5.91 Å². The van der Waals surface area contributed by atoms with Crippen LogP contribution in [0.15, 0.2) is 36.4 Å². The highest BCUT2D eigenvalue weighted by atomic mass is 35.5. The zero-order valence-corrected chi connectivity index (χ0v) is 15.2. The highest BCUT2D eigenvalue weighted by Crippen LogP contribution is 2.28. The molecule has 2 aromatic carbocycles. The van der Waals surface area contributed by atoms with Crippen LogP contribution in [0.3, 0.4) is 0 Å². The zero-order chi connectivity index (χ0) is 17.9. The smallest absolute Gasteiger partial charge is 0.251 e. The van der Waals surface area contributed by atoms with E-state index in [1.54, 1.807) is 19.1 Å². The fraction of sp³-hybridized carbons (Fsp3) is 0.278. The quantitative estimate of drug-likeness (QED) is 0.776. The summed E-state index contributed by atoms with van der Waals surface area (Å²) in [5.74, 6) is -0.810. The Kier molecular flexibility index (Phi) is 6.21. The summed E-state index contributed by atoms with van der Waals surface area (Å²) in [6.45, 7) is 2.55. The number of carbonyl (C=O) groups is 1. The zero-order valence-electron chi connectivity index (χ0n) is 13.7. The van der Waals surface area contributed by atoms with Gasteiger partial charge in [0.1, 0.15) is 5.82 Å². The molecule has 0 aromatic heterocycles. The van der Waals surface area contributed by atoms with Crippen LogP contribution in [0.4, 0.5) is 4.39 Å². The first-order valence-corrected chi connectivity index (χ1v) is 8.22. The van der Waals surface area contributed by atoms with Gasteiger partial charge in [0.05, 0.1) is 11.1 Å². The summed E-state index contributed by atoms with van der Waals surface area (Å²) in [6, 6.07) is 9.50. The van der Waals surface area contributed by atoms with Crippen LogP contribution in [-0.2, 0) is 6.54 Å². The topological polar surface area (TPSA) is 32.3 Å². The number of amides is 1. The Labute approximate surface area is 151 Å². The Balaban J connectivity index is 2.10. The lowest BCUT2D eigenvalue weighted by molar-refractivity contribution is 0.0940. The van der Waals surface area contributed by atoms with Gasteiger partial charge in [0, 0.05) is 17.1 Å². The molecule has 1 N–H and O–H groups in total. The molecule has 0 aliphatic carbocycles. The van der Waals surface area contributed by atoms with E-state index in [9.17, 15) is 9.18 Å². The number of benzene rings is 2. The van der Waals surface area contributed by atoms with E-state index in [0.717, 1.165) is 12.1 Å². The maximum Gasteiger partial charge on any atom is 0.251 e. The van der Waals surface area contributed by atoms with Crippen LogP contribution in [0, 0.1) is 5.82 Å². The fourth-order valence-electron chi connectivity index (χ4n) is 2.35. The van der Waals surface area contributed by atoms with Crippen molar-refractivity contribution in [2.45, 2.75) is 19.5 Å². The van der Waals surface area contributed by atoms with Crippen LogP contribution in [0.25, 0.3) is 0 Å². The molecule has 0 aliphatic rings. The standard InChI is InChI=1S/C18H19Cl2FN2O/c1-11(14-8-17(21)16(20)9-15(14)19)22-18(24)13-6-4-12(5-7-13)10-23(2)3/h4-9,11H,10H2,1-3H3,(H,22,24). The van der Waals surface area contributed by atoms with Crippen molar-refractivity contribution < 1.29 is 9.18 Å². The van der Waals surface area contributed by atoms with E-state index in [1.165, 1.54) is 12.1 Å². The van der Waals surface area contributed by atoms with E-state index in [2.05, 4.69) is 5.32 Å². The third kappa shape index (κ3) is 4.69. The summed E-state index contributed by atoms with van der Waals surface area (Å²) in [5, 5.41) is 3.09. The highest BCUT2D eigenvalue weighted by molar-refractivity contribution is 6.35. The van der Waals surface area contributed by atoms with E-state index >= 15 is 0 Å². The second-order valence-corrected chi connectivity index (χ2v) is 6.73. The Morgan fingerprint density at radius 3 is 2.38 bits per heavy atom. The van der Waals surface area contributed by atoms with Crippen LogP contribution in [0.5, 0.6) is 0 Å². The first-order chi connectivity index (χ1) is 11.3. The molecule has 128 valence electrons. The first-order valence-electron chi connectivity index (χ1n) is 7.47. The average Bonchev–Trinajstić information content (AvgIpc) is 2.50. The van der Waals surface area contributed by atoms with Gasteiger partial charge in [-0.2, -0.15) is 0 Å². The Morgan fingerprint density at radius 1 is 1.17 bits per heavy atom. The number of nitrogens with zero attached hydrogens (tertiary/aromatic N) is 1. The van der Waals surface area contributed by atoms with Gasteiger partial charge in [-0.05, 0) is 56.4 Å². The van der Waals surface area contributed by atoms with Gasteiger partial charge in [-0.1, -0.05) is 35.3 Å². The SMILES string of the molecule is CC(NC(=O)c1ccc(CN(C)C)cc1)c1cc(F)c(Cl)cc1Cl. The average molecular weight is 369 g/mol. The molecular weight excluding hydrogens is 350 g/mol. The number of nitrogens with one attached hydrogen (secondary N) is 1. The van der Waals surface area contributed by atoms with Crippen LogP contribution in [0.2, 0.25) is 10.0 Å². The van der Waals surface area contributed by atoms with Crippen LogP contribution >= 0.6 is 23.2 Å². The molecule has 3 nitrogen and oxygen atoms in total. The third-order valence-electron chi connectivity index (χ3n) is 3.57. The Hall–Kier alpha value is -1.62. The van der Waals surface area contributed by atoms with Crippen molar-refractivity contribution >= 4 is 29.1 Å². The molecule has 6 heteroatoms. The predicted octanol–water partition coefficient (Wildman–Crippen LogP) is 4.69. The predicted molar refractivity (Wildman–Crippen MR) is 96.1 cm³/mol. The lowest BCUT2D eigenvalue weighted by atomic mass is 10.1. The van der Waals surface area contributed by atoms with Gasteiger partial charge in [-0.3, -0.25) is 4.79 Å². The van der Waals surface area contributed by atoms with E-state index < -0.39 is 11.9 Å². The van der Waals surface area contributed by atoms with Gasteiger partial charge in [-0.25, -0.2) is 4.39 Å². The van der Waals surface area contributed by atoms with E-state index in [1.807, 2.05) is 31.1 Å². The summed E-state index contributed by atoms with van der Waals surface area (Å²) < 4.78 is 13.6. The van der Waals surface area contributed by atoms with Crippen LogP contribution in [0.1, 0.15) is 34.5 Å². The molecule has 1 atom stereocenters. The maximum absolute atomic E-state index is 13.6. The lowest BCUT2D eigenvalue weighted by Crippen LogP contribution is -2.27. The number of hydrogen-bond acceptors (Lipinski definition) is 2. The number of carbonyl (C=O) groups excluding carboxylic acids is 1. The molecule has 24 heavy (non-hydrogen) atoms. The minimum absolute atomic E-state index is 0.0428. The molecule has 1 amide bonds. The minimum Gasteiger partial charge on any atom is -0.345 e. The molecule has 0 saturated heterocycles. The molecule has 0 heterocycles. The molecule has 0 aliphatic heterocycles. The third-order valence-corrected chi connectivity index (χ3v) is 4.19. The Bertz CT molecular complexity index is 733. The molecule has 0 radical (unpaired) electrons. The van der Waals surface area contributed by atoms with Crippen molar-refractivity contribution in [3.63, 3.8) is 0 Å². The van der Waals surface area contributed by atoms with Gasteiger partial charge in [0.15, 0.2) is 0 Å². The van der Waals surface area contributed by atoms with Crippen molar-refractivity contribution in [3.05, 3.63) is 69.0 Å². The molecule has 2 aromatic rings. The summed E-state index contributed by atoms with van der Waals surface area (Å²) in [4.78, 5) is 14.4. The molecule has 0 saturated carbocycles. The number of rotatable bonds is 5. The second-order valence-electron chi connectivity index (χ2n) is 5.92. The number of hydrogen-bond donors (Lipinski definition) is 1. The van der Waals surface area contributed by atoms with Crippen molar-refractivity contribution in [2.24, 2.45) is 0 Å². The summed E-state index contributed by atoms with van der Waals surface area (Å²) in [5.41, 5.74) is 2.14. The highest BCUT2D eigenvalue weighted by Gasteiger charge is 2.16. The first kappa shape index (κ1) is 18.7. The molecule has 0 bridgehead atoms.